The molecule has 0 unspecified atom stereocenters. The molecule has 0 aliphatic rings. The first-order valence-electron chi connectivity index (χ1n) is 15.9. The van der Waals surface area contributed by atoms with E-state index in [0.717, 1.165) is 0 Å². The van der Waals surface area contributed by atoms with Crippen molar-refractivity contribution in [2.75, 3.05) is 112 Å². The largest absolute Gasteiger partial charge is 0.481 e. The number of carboxylic acid groups (broad SMARTS) is 1. The van der Waals surface area contributed by atoms with E-state index in [1.54, 1.807) is 0 Å². The molecule has 0 saturated carbocycles. The van der Waals surface area contributed by atoms with Crippen LogP contribution in [0, 0.1) is 29.1 Å². The Morgan fingerprint density at radius 2 is 0.720 bits per heavy atom. The van der Waals surface area contributed by atoms with Gasteiger partial charge in [-0.15, -0.1) is 0 Å². The van der Waals surface area contributed by atoms with Crippen molar-refractivity contribution in [3.05, 3.63) is 29.1 Å². The molecule has 0 amide bonds. The lowest BCUT2D eigenvalue weighted by atomic mass is 10.2. The molecule has 0 aromatic heterocycles. The fourth-order valence-corrected chi connectivity index (χ4v) is 3.47. The van der Waals surface area contributed by atoms with Gasteiger partial charge >= 0.3 is 17.9 Å². The summed E-state index contributed by atoms with van der Waals surface area (Å²) in [7, 11) is 0. The summed E-state index contributed by atoms with van der Waals surface area (Å²) in [5.74, 6) is -15.5. The van der Waals surface area contributed by atoms with Crippen LogP contribution in [-0.2, 0) is 57.0 Å². The third-order valence-corrected chi connectivity index (χ3v) is 5.95. The molecule has 288 valence electrons. The van der Waals surface area contributed by atoms with E-state index in [4.69, 9.17) is 47.7 Å². The molecule has 0 fully saturated rings. The van der Waals surface area contributed by atoms with Gasteiger partial charge in [-0.1, -0.05) is 0 Å². The van der Waals surface area contributed by atoms with Gasteiger partial charge in [0.15, 0.2) is 0 Å². The maximum Gasteiger partial charge on any atom is 0.313 e. The molecule has 1 aromatic rings. The molecular weight excluding hydrogens is 691 g/mol. The number of esters is 2. The highest BCUT2D eigenvalue weighted by molar-refractivity contribution is 5.72. The zero-order valence-corrected chi connectivity index (χ0v) is 27.7. The number of hydrogen-bond acceptors (Lipinski definition) is 13. The van der Waals surface area contributed by atoms with Gasteiger partial charge in [0.05, 0.1) is 112 Å². The molecule has 0 saturated heterocycles. The number of rotatable bonds is 33. The van der Waals surface area contributed by atoms with E-state index in [0.29, 0.717) is 85.5 Å². The maximum atomic E-state index is 13.5. The Hall–Kier alpha value is -3.04. The number of ether oxygens (including phenoxy) is 10. The van der Waals surface area contributed by atoms with Crippen LogP contribution in [0.2, 0.25) is 0 Å². The van der Waals surface area contributed by atoms with Crippen LogP contribution in [0.25, 0.3) is 0 Å². The van der Waals surface area contributed by atoms with Crippen molar-refractivity contribution < 1.29 is 88.8 Å². The highest BCUT2D eigenvalue weighted by atomic mass is 19.2. The smallest absolute Gasteiger partial charge is 0.313 e. The number of carbonyl (C=O) groups is 3. The average molecular weight is 737 g/mol. The molecule has 0 heterocycles. The number of halogens is 5. The minimum Gasteiger partial charge on any atom is -0.481 e. The highest BCUT2D eigenvalue weighted by Crippen LogP contribution is 2.29. The number of hydrogen-bond donors (Lipinski definition) is 1. The molecule has 0 spiro atoms. The highest BCUT2D eigenvalue weighted by Gasteiger charge is 2.28. The van der Waals surface area contributed by atoms with Crippen LogP contribution >= 0.6 is 0 Å². The summed E-state index contributed by atoms with van der Waals surface area (Å²) in [6, 6.07) is 0. The summed E-state index contributed by atoms with van der Waals surface area (Å²) in [4.78, 5) is 33.5. The van der Waals surface area contributed by atoms with E-state index in [9.17, 15) is 36.3 Å². The second kappa shape index (κ2) is 29.7. The van der Waals surface area contributed by atoms with Crippen LogP contribution in [0.3, 0.4) is 0 Å². The third kappa shape index (κ3) is 22.6. The summed E-state index contributed by atoms with van der Waals surface area (Å²) in [6.07, 6.45) is 0.631. The molecule has 50 heavy (non-hydrogen) atoms. The summed E-state index contributed by atoms with van der Waals surface area (Å²) in [5, 5.41) is 8.53. The second-order valence-corrected chi connectivity index (χ2v) is 9.84. The summed E-state index contributed by atoms with van der Waals surface area (Å²) in [5.41, 5.74) is 0. The molecule has 19 heteroatoms. The molecular formula is C31H45F5O14. The lowest BCUT2D eigenvalue weighted by Crippen LogP contribution is -2.16. The van der Waals surface area contributed by atoms with Gasteiger partial charge in [0.1, 0.15) is 6.61 Å². The van der Waals surface area contributed by atoms with Crippen molar-refractivity contribution in [2.45, 2.75) is 32.1 Å². The van der Waals surface area contributed by atoms with Crippen LogP contribution in [-0.4, -0.2) is 135 Å². The van der Waals surface area contributed by atoms with Gasteiger partial charge < -0.3 is 52.5 Å². The standard InChI is InChI=1S/C31H45F5O14/c32-26-27(33)29(35)31(30(36)28(26)34)50-25(40)5-6-41-7-8-42-9-10-43-11-12-44-13-14-45-15-16-46-17-18-47-19-20-48-21-22-49-24(39)4-2-1-3-23(37)38/h1-22H2,(H,37,38). The number of benzene rings is 1. The first-order chi connectivity index (χ1) is 24.1. The number of unbranched alkanes of at least 4 members (excludes halogenated alkanes) is 1. The normalized spacial score (nSPS) is 11.2. The van der Waals surface area contributed by atoms with Crippen molar-refractivity contribution in [2.24, 2.45) is 0 Å². The van der Waals surface area contributed by atoms with E-state index in [1.165, 1.54) is 0 Å². The van der Waals surface area contributed by atoms with Gasteiger partial charge in [0, 0.05) is 12.8 Å². The zero-order chi connectivity index (χ0) is 36.8. The molecule has 0 atom stereocenters. The van der Waals surface area contributed by atoms with Gasteiger partial charge in [0.2, 0.25) is 34.8 Å². The maximum absolute atomic E-state index is 13.5. The lowest BCUT2D eigenvalue weighted by molar-refractivity contribution is -0.146. The van der Waals surface area contributed by atoms with E-state index < -0.39 is 53.2 Å². The zero-order valence-electron chi connectivity index (χ0n) is 27.7. The van der Waals surface area contributed by atoms with Crippen molar-refractivity contribution in [1.82, 2.24) is 0 Å². The van der Waals surface area contributed by atoms with E-state index in [1.807, 2.05) is 0 Å². The molecule has 1 rings (SSSR count). The van der Waals surface area contributed by atoms with Crippen LogP contribution in [0.15, 0.2) is 0 Å². The Bertz CT molecular complexity index is 1070. The number of carbonyl (C=O) groups excluding carboxylic acids is 2. The monoisotopic (exact) mass is 736 g/mol. The minimum absolute atomic E-state index is 0.0354. The molecule has 0 bridgehead atoms. The van der Waals surface area contributed by atoms with Crippen LogP contribution in [0.5, 0.6) is 5.75 Å². The third-order valence-electron chi connectivity index (χ3n) is 5.95. The predicted molar refractivity (Wildman–Crippen MR) is 160 cm³/mol. The van der Waals surface area contributed by atoms with Crippen LogP contribution in [0.4, 0.5) is 22.0 Å². The van der Waals surface area contributed by atoms with Crippen LogP contribution in [0.1, 0.15) is 32.1 Å². The molecule has 0 radical (unpaired) electrons. The predicted octanol–water partition coefficient (Wildman–Crippen LogP) is 3.00. The van der Waals surface area contributed by atoms with Gasteiger partial charge in [0.25, 0.3) is 0 Å². The Kier molecular flexibility index (Phi) is 26.7. The van der Waals surface area contributed by atoms with Gasteiger partial charge in [-0.05, 0) is 12.8 Å². The fourth-order valence-electron chi connectivity index (χ4n) is 3.47. The molecule has 0 aliphatic carbocycles. The van der Waals surface area contributed by atoms with E-state index >= 15 is 0 Å². The number of aliphatic carboxylic acids is 1. The van der Waals surface area contributed by atoms with E-state index in [2.05, 4.69) is 4.74 Å². The molecule has 14 nitrogen and oxygen atoms in total. The van der Waals surface area contributed by atoms with Crippen molar-refractivity contribution in [3.63, 3.8) is 0 Å². The Balaban J connectivity index is 1.77. The first-order valence-corrected chi connectivity index (χ1v) is 15.9. The summed E-state index contributed by atoms with van der Waals surface area (Å²) >= 11 is 0. The second-order valence-electron chi connectivity index (χ2n) is 9.84. The van der Waals surface area contributed by atoms with E-state index in [-0.39, 0.29) is 58.5 Å². The molecule has 1 aromatic carbocycles. The topological polar surface area (TPSA) is 164 Å². The van der Waals surface area contributed by atoms with Gasteiger partial charge in [-0.3, -0.25) is 14.4 Å². The lowest BCUT2D eigenvalue weighted by Gasteiger charge is -2.09. The molecule has 1 N–H and O–H groups in total. The van der Waals surface area contributed by atoms with Crippen molar-refractivity contribution >= 4 is 17.9 Å². The SMILES string of the molecule is O=C(O)CCCCC(=O)OCCOCCOCCOCCOCCOCCOCCOCCOCCC(=O)Oc1c(F)c(F)c(F)c(F)c1F. The average Bonchev–Trinajstić information content (AvgIpc) is 3.09. The first kappa shape index (κ1) is 45.0. The Morgan fingerprint density at radius 3 is 1.10 bits per heavy atom. The Morgan fingerprint density at radius 1 is 0.400 bits per heavy atom. The minimum atomic E-state index is -2.36. The summed E-state index contributed by atoms with van der Waals surface area (Å²) in [6.45, 7) is 4.64. The van der Waals surface area contributed by atoms with Gasteiger partial charge in [-0.2, -0.15) is 8.78 Å². The van der Waals surface area contributed by atoms with Crippen molar-refractivity contribution in [1.29, 1.82) is 0 Å². The Labute approximate surface area is 286 Å². The molecule has 0 aliphatic heterocycles. The number of carboxylic acids is 1. The quantitative estimate of drug-likeness (QED) is 0.0280. The van der Waals surface area contributed by atoms with Crippen molar-refractivity contribution in [3.8, 4) is 5.75 Å². The summed E-state index contributed by atoms with van der Waals surface area (Å²) < 4.78 is 118. The van der Waals surface area contributed by atoms with Crippen LogP contribution < -0.4 is 4.74 Å². The fraction of sp³-hybridized carbons (Fsp3) is 0.710. The van der Waals surface area contributed by atoms with Gasteiger partial charge in [-0.25, -0.2) is 13.2 Å².